The highest BCUT2D eigenvalue weighted by atomic mass is 32.2. The summed E-state index contributed by atoms with van der Waals surface area (Å²) < 4.78 is 40.1. The smallest absolute Gasteiger partial charge is 0.301 e. The molecule has 2 rings (SSSR count). The first kappa shape index (κ1) is 18.0. The normalized spacial score (nSPS) is 19.2. The first-order valence-corrected chi connectivity index (χ1v) is 9.35. The Morgan fingerprint density at radius 1 is 1.35 bits per heavy atom. The molecule has 0 aromatic heterocycles. The van der Waals surface area contributed by atoms with Crippen LogP contribution in [-0.4, -0.2) is 46.1 Å². The maximum absolute atomic E-state index is 12.6. The van der Waals surface area contributed by atoms with E-state index in [9.17, 15) is 8.42 Å². The summed E-state index contributed by atoms with van der Waals surface area (Å²) in [5.74, 6) is 1.18. The molecule has 1 N–H and O–H groups in total. The van der Waals surface area contributed by atoms with Gasteiger partial charge in [-0.25, -0.2) is 0 Å². The molecule has 1 aliphatic rings. The van der Waals surface area contributed by atoms with Crippen LogP contribution >= 0.6 is 0 Å². The third kappa shape index (κ3) is 5.09. The number of hydrogen-bond acceptors (Lipinski definition) is 4. The van der Waals surface area contributed by atoms with Crippen molar-refractivity contribution >= 4 is 15.9 Å². The molecule has 1 atom stereocenters. The van der Waals surface area contributed by atoms with Gasteiger partial charge >= 0.3 is 10.2 Å². The SMILES string of the molecule is COCC1CCN(S(=O)(=O)Nc2ccccc2OCC(C)C)C1. The van der Waals surface area contributed by atoms with E-state index in [4.69, 9.17) is 9.47 Å². The molecule has 1 heterocycles. The maximum atomic E-state index is 12.6. The van der Waals surface area contributed by atoms with Gasteiger partial charge in [0.2, 0.25) is 0 Å². The Morgan fingerprint density at radius 3 is 2.78 bits per heavy atom. The summed E-state index contributed by atoms with van der Waals surface area (Å²) in [6, 6.07) is 7.11. The Morgan fingerprint density at radius 2 is 2.09 bits per heavy atom. The first-order chi connectivity index (χ1) is 10.9. The first-order valence-electron chi connectivity index (χ1n) is 7.91. The minimum atomic E-state index is -3.58. The number of methoxy groups -OCH3 is 1. The van der Waals surface area contributed by atoms with Crippen LogP contribution in [0.1, 0.15) is 20.3 Å². The molecule has 0 aliphatic carbocycles. The molecule has 23 heavy (non-hydrogen) atoms. The lowest BCUT2D eigenvalue weighted by Gasteiger charge is -2.20. The fourth-order valence-electron chi connectivity index (χ4n) is 2.52. The van der Waals surface area contributed by atoms with Crippen molar-refractivity contribution in [3.8, 4) is 5.75 Å². The van der Waals surface area contributed by atoms with Crippen molar-refractivity contribution in [2.24, 2.45) is 11.8 Å². The summed E-state index contributed by atoms with van der Waals surface area (Å²) in [4.78, 5) is 0. The number of rotatable bonds is 8. The van der Waals surface area contributed by atoms with Crippen molar-refractivity contribution in [2.45, 2.75) is 20.3 Å². The zero-order chi connectivity index (χ0) is 16.9. The van der Waals surface area contributed by atoms with Gasteiger partial charge in [-0.05, 0) is 30.4 Å². The standard InChI is InChI=1S/C16H26N2O4S/c1-13(2)11-22-16-7-5-4-6-15(16)17-23(19,20)18-9-8-14(10-18)12-21-3/h4-7,13-14,17H,8-12H2,1-3H3. The van der Waals surface area contributed by atoms with Crippen LogP contribution in [0.15, 0.2) is 24.3 Å². The van der Waals surface area contributed by atoms with Crippen molar-refractivity contribution in [1.82, 2.24) is 4.31 Å². The molecule has 0 bridgehead atoms. The fraction of sp³-hybridized carbons (Fsp3) is 0.625. The van der Waals surface area contributed by atoms with Crippen LogP contribution in [0.5, 0.6) is 5.75 Å². The van der Waals surface area contributed by atoms with Crippen LogP contribution in [-0.2, 0) is 14.9 Å². The summed E-state index contributed by atoms with van der Waals surface area (Å²) in [6.45, 7) is 6.22. The minimum absolute atomic E-state index is 0.254. The van der Waals surface area contributed by atoms with Gasteiger partial charge in [0.05, 0.1) is 18.9 Å². The molecule has 0 radical (unpaired) electrons. The second kappa shape index (κ2) is 7.99. The summed E-state index contributed by atoms with van der Waals surface area (Å²) >= 11 is 0. The largest absolute Gasteiger partial charge is 0.491 e. The number of ether oxygens (including phenoxy) is 2. The predicted octanol–water partition coefficient (Wildman–Crippen LogP) is 2.35. The van der Waals surface area contributed by atoms with E-state index in [1.165, 1.54) is 4.31 Å². The Kier molecular flexibility index (Phi) is 6.26. The van der Waals surface area contributed by atoms with Crippen LogP contribution in [0.3, 0.4) is 0 Å². The Labute approximate surface area is 139 Å². The van der Waals surface area contributed by atoms with E-state index in [2.05, 4.69) is 4.72 Å². The van der Waals surface area contributed by atoms with Crippen molar-refractivity contribution in [2.75, 3.05) is 38.1 Å². The Bertz CT molecular complexity index is 604. The van der Waals surface area contributed by atoms with Crippen molar-refractivity contribution in [3.05, 3.63) is 24.3 Å². The molecular weight excluding hydrogens is 316 g/mol. The quantitative estimate of drug-likeness (QED) is 0.787. The second-order valence-corrected chi connectivity index (χ2v) is 7.95. The molecule has 6 nitrogen and oxygen atoms in total. The lowest BCUT2D eigenvalue weighted by molar-refractivity contribution is 0.157. The van der Waals surface area contributed by atoms with Gasteiger partial charge in [0, 0.05) is 20.2 Å². The highest BCUT2D eigenvalue weighted by Gasteiger charge is 2.31. The summed E-state index contributed by atoms with van der Waals surface area (Å²) in [7, 11) is -1.94. The average Bonchev–Trinajstić information content (AvgIpc) is 2.96. The van der Waals surface area contributed by atoms with Crippen LogP contribution < -0.4 is 9.46 Å². The molecule has 130 valence electrons. The van der Waals surface area contributed by atoms with Crippen molar-refractivity contribution < 1.29 is 17.9 Å². The van der Waals surface area contributed by atoms with Gasteiger partial charge in [0.15, 0.2) is 0 Å². The van der Waals surface area contributed by atoms with Gasteiger partial charge in [-0.2, -0.15) is 12.7 Å². The molecule has 0 saturated carbocycles. The van der Waals surface area contributed by atoms with E-state index in [0.29, 0.717) is 43.7 Å². The van der Waals surface area contributed by atoms with Gasteiger partial charge in [-0.3, -0.25) is 4.72 Å². The Hall–Kier alpha value is -1.31. The number of nitrogens with one attached hydrogen (secondary N) is 1. The van der Waals surface area contributed by atoms with Crippen LogP contribution in [0.2, 0.25) is 0 Å². The monoisotopic (exact) mass is 342 g/mol. The molecule has 1 fully saturated rings. The zero-order valence-electron chi connectivity index (χ0n) is 14.0. The van der Waals surface area contributed by atoms with E-state index in [1.807, 2.05) is 19.9 Å². The van der Waals surface area contributed by atoms with E-state index in [0.717, 1.165) is 6.42 Å². The molecule has 0 spiro atoms. The average molecular weight is 342 g/mol. The fourth-order valence-corrected chi connectivity index (χ4v) is 3.85. The third-order valence-electron chi connectivity index (χ3n) is 3.69. The van der Waals surface area contributed by atoms with Gasteiger partial charge < -0.3 is 9.47 Å². The number of para-hydroxylation sites is 2. The molecule has 0 amide bonds. The van der Waals surface area contributed by atoms with Crippen LogP contribution in [0, 0.1) is 11.8 Å². The van der Waals surface area contributed by atoms with E-state index < -0.39 is 10.2 Å². The summed E-state index contributed by atoms with van der Waals surface area (Å²) in [6.07, 6.45) is 0.820. The zero-order valence-corrected chi connectivity index (χ0v) is 14.8. The van der Waals surface area contributed by atoms with Crippen molar-refractivity contribution in [3.63, 3.8) is 0 Å². The molecule has 1 saturated heterocycles. The molecule has 7 heteroatoms. The molecular formula is C16H26N2O4S. The van der Waals surface area contributed by atoms with Gasteiger partial charge in [-0.15, -0.1) is 0 Å². The predicted molar refractivity (Wildman–Crippen MR) is 90.9 cm³/mol. The van der Waals surface area contributed by atoms with Gasteiger partial charge in [-0.1, -0.05) is 26.0 Å². The third-order valence-corrected chi connectivity index (χ3v) is 5.18. The number of anilines is 1. The topological polar surface area (TPSA) is 67.9 Å². The number of nitrogens with zero attached hydrogens (tertiary/aromatic N) is 1. The van der Waals surface area contributed by atoms with Crippen LogP contribution in [0.4, 0.5) is 5.69 Å². The molecule has 1 aliphatic heterocycles. The minimum Gasteiger partial charge on any atom is -0.491 e. The molecule has 1 unspecified atom stereocenters. The second-order valence-electron chi connectivity index (χ2n) is 6.28. The lowest BCUT2D eigenvalue weighted by Crippen LogP contribution is -2.34. The highest BCUT2D eigenvalue weighted by Crippen LogP contribution is 2.27. The maximum Gasteiger partial charge on any atom is 0.301 e. The highest BCUT2D eigenvalue weighted by molar-refractivity contribution is 7.90. The Balaban J connectivity index is 2.06. The molecule has 1 aromatic rings. The summed E-state index contributed by atoms with van der Waals surface area (Å²) in [5.41, 5.74) is 0.475. The number of benzene rings is 1. The van der Waals surface area contributed by atoms with E-state index in [-0.39, 0.29) is 5.92 Å². The van der Waals surface area contributed by atoms with Gasteiger partial charge in [0.1, 0.15) is 5.75 Å². The van der Waals surface area contributed by atoms with E-state index in [1.54, 1.807) is 25.3 Å². The van der Waals surface area contributed by atoms with Crippen molar-refractivity contribution in [1.29, 1.82) is 0 Å². The number of hydrogen-bond donors (Lipinski definition) is 1. The van der Waals surface area contributed by atoms with E-state index >= 15 is 0 Å². The van der Waals surface area contributed by atoms with Crippen LogP contribution in [0.25, 0.3) is 0 Å². The summed E-state index contributed by atoms with van der Waals surface area (Å²) in [5, 5.41) is 0. The lowest BCUT2D eigenvalue weighted by atomic mass is 10.1. The molecule has 1 aromatic carbocycles. The van der Waals surface area contributed by atoms with Gasteiger partial charge in [0.25, 0.3) is 0 Å².